The lowest BCUT2D eigenvalue weighted by Crippen LogP contribution is -2.36. The van der Waals surface area contributed by atoms with Gasteiger partial charge in [-0.1, -0.05) is 19.3 Å². The van der Waals surface area contributed by atoms with Crippen molar-refractivity contribution in [1.82, 2.24) is 5.32 Å². The third kappa shape index (κ3) is 5.05. The van der Waals surface area contributed by atoms with E-state index in [1.54, 1.807) is 6.92 Å². The molecule has 2 unspecified atom stereocenters. The predicted octanol–water partition coefficient (Wildman–Crippen LogP) is 1.45. The highest BCUT2D eigenvalue weighted by molar-refractivity contribution is 7.74. The largest absolute Gasteiger partial charge is 0.311 e. The number of hydrogen-bond acceptors (Lipinski definition) is 3. The van der Waals surface area contributed by atoms with Crippen LogP contribution in [0.25, 0.3) is 0 Å². The first-order chi connectivity index (χ1) is 6.68. The van der Waals surface area contributed by atoms with E-state index in [0.717, 1.165) is 0 Å². The molecule has 1 aliphatic carbocycles. The van der Waals surface area contributed by atoms with Crippen LogP contribution in [0.1, 0.15) is 39.0 Å². The van der Waals surface area contributed by atoms with Crippen molar-refractivity contribution < 1.29 is 12.9 Å². The second kappa shape index (κ2) is 6.50. The fraction of sp³-hybridized carbons (Fsp3) is 1.00. The third-order valence-electron chi connectivity index (χ3n) is 2.55. The van der Waals surface area contributed by atoms with Gasteiger partial charge in [0.2, 0.25) is 0 Å². The Kier molecular flexibility index (Phi) is 5.62. The molecule has 2 N–H and O–H groups in total. The van der Waals surface area contributed by atoms with Gasteiger partial charge >= 0.3 is 11.4 Å². The van der Waals surface area contributed by atoms with Crippen molar-refractivity contribution in [3.63, 3.8) is 0 Å². The van der Waals surface area contributed by atoms with E-state index in [-0.39, 0.29) is 6.10 Å². The van der Waals surface area contributed by atoms with E-state index in [2.05, 4.69) is 5.32 Å². The summed E-state index contributed by atoms with van der Waals surface area (Å²) < 4.78 is 23.5. The molecule has 1 saturated carbocycles. The molecule has 1 fully saturated rings. The van der Waals surface area contributed by atoms with E-state index in [0.29, 0.717) is 12.6 Å². The molecule has 4 nitrogen and oxygen atoms in total. The summed E-state index contributed by atoms with van der Waals surface area (Å²) in [6.45, 7) is 2.45. The van der Waals surface area contributed by atoms with Gasteiger partial charge in [0.25, 0.3) is 0 Å². The minimum atomic E-state index is -2.14. The van der Waals surface area contributed by atoms with E-state index < -0.39 is 11.4 Å². The maximum absolute atomic E-state index is 10.3. The molecule has 0 aromatic heterocycles. The molecule has 84 valence electrons. The van der Waals surface area contributed by atoms with Gasteiger partial charge in [-0.15, -0.1) is 0 Å². The van der Waals surface area contributed by atoms with Crippen LogP contribution in [0.5, 0.6) is 0 Å². The van der Waals surface area contributed by atoms with Gasteiger partial charge in [0.1, 0.15) is 0 Å². The minimum absolute atomic E-state index is 0.206. The monoisotopic (exact) mass is 221 g/mol. The molecule has 0 amide bonds. The molecule has 5 heteroatoms. The van der Waals surface area contributed by atoms with E-state index in [9.17, 15) is 4.21 Å². The zero-order chi connectivity index (χ0) is 10.4. The normalized spacial score (nSPS) is 23.3. The van der Waals surface area contributed by atoms with Crippen LogP contribution in [-0.4, -0.2) is 27.5 Å². The maximum atomic E-state index is 10.3. The van der Waals surface area contributed by atoms with Crippen molar-refractivity contribution in [2.45, 2.75) is 51.2 Å². The fourth-order valence-electron chi connectivity index (χ4n) is 1.81. The molecule has 0 aromatic carbocycles. The Bertz CT molecular complexity index is 183. The summed E-state index contributed by atoms with van der Waals surface area (Å²) in [6, 6.07) is 0.571. The molecule has 0 saturated heterocycles. The van der Waals surface area contributed by atoms with E-state index >= 15 is 0 Å². The second-order valence-electron chi connectivity index (χ2n) is 3.87. The number of hydrogen-bond donors (Lipinski definition) is 2. The molecule has 0 aliphatic heterocycles. The molecule has 0 spiro atoms. The summed E-state index contributed by atoms with van der Waals surface area (Å²) in [5.74, 6) is 0. The summed E-state index contributed by atoms with van der Waals surface area (Å²) in [5.41, 5.74) is 0. The van der Waals surface area contributed by atoms with Gasteiger partial charge in [0.15, 0.2) is 0 Å². The first kappa shape index (κ1) is 12.1. The van der Waals surface area contributed by atoms with Crippen LogP contribution < -0.4 is 5.32 Å². The molecule has 0 radical (unpaired) electrons. The highest BCUT2D eigenvalue weighted by Crippen LogP contribution is 2.17. The number of nitrogens with one attached hydrogen (secondary N) is 1. The van der Waals surface area contributed by atoms with Crippen LogP contribution in [0, 0.1) is 0 Å². The van der Waals surface area contributed by atoms with Gasteiger partial charge in [-0.25, -0.2) is 0 Å². The third-order valence-corrected chi connectivity index (χ3v) is 3.04. The summed E-state index contributed by atoms with van der Waals surface area (Å²) >= 11 is -2.14. The summed E-state index contributed by atoms with van der Waals surface area (Å²) in [6.07, 6.45) is 6.15. The Hall–Kier alpha value is 0.0300. The van der Waals surface area contributed by atoms with Crippen molar-refractivity contribution in [2.75, 3.05) is 6.54 Å². The zero-order valence-corrected chi connectivity index (χ0v) is 9.39. The van der Waals surface area contributed by atoms with Gasteiger partial charge in [-0.3, -0.25) is 8.74 Å². The molecular formula is C9H19NO3S. The van der Waals surface area contributed by atoms with Crippen molar-refractivity contribution in [3.8, 4) is 0 Å². The molecule has 2 atom stereocenters. The van der Waals surface area contributed by atoms with Crippen molar-refractivity contribution in [3.05, 3.63) is 0 Å². The van der Waals surface area contributed by atoms with Crippen molar-refractivity contribution in [2.24, 2.45) is 0 Å². The quantitative estimate of drug-likeness (QED) is 0.690. The fourth-order valence-corrected chi connectivity index (χ4v) is 2.16. The Morgan fingerprint density at radius 1 is 1.50 bits per heavy atom. The predicted molar refractivity (Wildman–Crippen MR) is 56.2 cm³/mol. The Morgan fingerprint density at radius 3 is 2.71 bits per heavy atom. The van der Waals surface area contributed by atoms with E-state index in [1.807, 2.05) is 0 Å². The summed E-state index contributed by atoms with van der Waals surface area (Å²) in [5, 5.41) is 3.36. The molecule has 0 bridgehead atoms. The van der Waals surface area contributed by atoms with Crippen LogP contribution in [0.15, 0.2) is 0 Å². The smallest absolute Gasteiger partial charge is 0.302 e. The van der Waals surface area contributed by atoms with Crippen molar-refractivity contribution in [1.29, 1.82) is 0 Å². The maximum Gasteiger partial charge on any atom is 0.302 e. The Balaban J connectivity index is 2.09. The molecule has 1 rings (SSSR count). The molecule has 0 heterocycles. The van der Waals surface area contributed by atoms with Gasteiger partial charge in [0, 0.05) is 12.6 Å². The first-order valence-corrected chi connectivity index (χ1v) is 6.23. The lowest BCUT2D eigenvalue weighted by atomic mass is 9.95. The lowest BCUT2D eigenvalue weighted by molar-refractivity contribution is 0.207. The zero-order valence-electron chi connectivity index (χ0n) is 8.57. The highest BCUT2D eigenvalue weighted by atomic mass is 32.2. The SMILES string of the molecule is CC(CNC1CCCCC1)OS(=O)O. The van der Waals surface area contributed by atoms with Crippen LogP contribution in [0.3, 0.4) is 0 Å². The van der Waals surface area contributed by atoms with Crippen LogP contribution in [0.2, 0.25) is 0 Å². The van der Waals surface area contributed by atoms with Crippen LogP contribution >= 0.6 is 0 Å². The highest BCUT2D eigenvalue weighted by Gasteiger charge is 2.14. The van der Waals surface area contributed by atoms with Crippen molar-refractivity contribution >= 4 is 11.4 Å². The Morgan fingerprint density at radius 2 is 2.14 bits per heavy atom. The second-order valence-corrected chi connectivity index (χ2v) is 4.49. The van der Waals surface area contributed by atoms with Crippen LogP contribution in [-0.2, 0) is 15.5 Å². The van der Waals surface area contributed by atoms with E-state index in [1.165, 1.54) is 32.1 Å². The standard InChI is InChI=1S/C9H19NO3S/c1-8(13-14(11)12)7-10-9-5-3-2-4-6-9/h8-10H,2-7H2,1H3,(H,11,12). The van der Waals surface area contributed by atoms with Gasteiger partial charge < -0.3 is 5.32 Å². The van der Waals surface area contributed by atoms with Gasteiger partial charge in [-0.2, -0.15) is 4.21 Å². The van der Waals surface area contributed by atoms with Gasteiger partial charge in [0.05, 0.1) is 6.10 Å². The topological polar surface area (TPSA) is 58.6 Å². The lowest BCUT2D eigenvalue weighted by Gasteiger charge is -2.24. The first-order valence-electron chi connectivity index (χ1n) is 5.20. The molecular weight excluding hydrogens is 202 g/mol. The molecule has 14 heavy (non-hydrogen) atoms. The minimum Gasteiger partial charge on any atom is -0.311 e. The molecule has 1 aliphatic rings. The number of rotatable bonds is 5. The Labute approximate surface area is 87.9 Å². The average Bonchev–Trinajstić information content (AvgIpc) is 2.15. The molecule has 0 aromatic rings. The van der Waals surface area contributed by atoms with Crippen LogP contribution in [0.4, 0.5) is 0 Å². The summed E-state index contributed by atoms with van der Waals surface area (Å²) in [4.78, 5) is 0. The van der Waals surface area contributed by atoms with E-state index in [4.69, 9.17) is 8.74 Å². The average molecular weight is 221 g/mol. The van der Waals surface area contributed by atoms with Gasteiger partial charge in [-0.05, 0) is 19.8 Å². The summed E-state index contributed by atoms with van der Waals surface area (Å²) in [7, 11) is 0.